The molecule has 1 aromatic carbocycles. The van der Waals surface area contributed by atoms with Gasteiger partial charge in [0.15, 0.2) is 0 Å². The lowest BCUT2D eigenvalue weighted by molar-refractivity contribution is 0.461. The molecule has 0 spiro atoms. The molecule has 0 radical (unpaired) electrons. The minimum absolute atomic E-state index is 0. The first-order valence-electron chi connectivity index (χ1n) is 9.95. The Morgan fingerprint density at radius 3 is 1.85 bits per heavy atom. The molecule has 0 unspecified atom stereocenters. The van der Waals surface area contributed by atoms with E-state index in [1.165, 1.54) is 57.4 Å². The lowest BCUT2D eigenvalue weighted by Crippen LogP contribution is -2.08. The lowest BCUT2D eigenvalue weighted by atomic mass is 9.93. The Labute approximate surface area is 161 Å². The third-order valence-corrected chi connectivity index (χ3v) is 5.76. The molecule has 1 rings (SSSR count). The minimum Gasteiger partial charge on any atom is -0.744 e. The van der Waals surface area contributed by atoms with E-state index in [0.29, 0.717) is 6.42 Å². The fourth-order valence-corrected chi connectivity index (χ4v) is 4.18. The first kappa shape index (κ1) is 25.1. The van der Waals surface area contributed by atoms with E-state index >= 15 is 0 Å². The van der Waals surface area contributed by atoms with Gasteiger partial charge < -0.3 is 10.7 Å². The monoisotopic (exact) mass is 385 g/mol. The van der Waals surface area contributed by atoms with Crippen LogP contribution in [0, 0.1) is 0 Å². The van der Waals surface area contributed by atoms with Crippen molar-refractivity contribution in [1.29, 1.82) is 0 Å². The van der Waals surface area contributed by atoms with E-state index < -0.39 is 10.1 Å². The number of unbranched alkanes of at least 4 members (excludes halogenated alkanes) is 9. The van der Waals surface area contributed by atoms with Gasteiger partial charge in [-0.05, 0) is 36.0 Å². The summed E-state index contributed by atoms with van der Waals surface area (Å²) < 4.78 is 34.7. The zero-order valence-corrected chi connectivity index (χ0v) is 18.0. The van der Waals surface area contributed by atoms with Crippen molar-refractivity contribution in [3.8, 4) is 0 Å². The van der Waals surface area contributed by atoms with Crippen LogP contribution in [0.25, 0.3) is 0 Å². The molecule has 0 saturated carbocycles. The third-order valence-electron chi connectivity index (χ3n) is 4.84. The lowest BCUT2D eigenvalue weighted by Gasteiger charge is -2.19. The molecular weight excluding hydrogens is 346 g/mol. The molecule has 5 heteroatoms. The van der Waals surface area contributed by atoms with Gasteiger partial charge in [0.1, 0.15) is 10.1 Å². The highest BCUT2D eigenvalue weighted by Crippen LogP contribution is 2.27. The van der Waals surface area contributed by atoms with E-state index in [1.54, 1.807) is 6.07 Å². The number of hydrogen-bond donors (Lipinski definition) is 1. The van der Waals surface area contributed by atoms with Crippen LogP contribution in [0.2, 0.25) is 0 Å². The summed E-state index contributed by atoms with van der Waals surface area (Å²) in [7, 11) is -4.40. The maximum Gasteiger partial charge on any atom is 0.124 e. The highest BCUT2D eigenvalue weighted by molar-refractivity contribution is 7.85. The summed E-state index contributed by atoms with van der Waals surface area (Å²) in [4.78, 5) is -0.0189. The average molecular weight is 386 g/mol. The first-order valence-corrected chi connectivity index (χ1v) is 11.4. The van der Waals surface area contributed by atoms with Crippen molar-refractivity contribution in [2.45, 2.75) is 102 Å². The molecule has 152 valence electrons. The molecule has 26 heavy (non-hydrogen) atoms. The quantitative estimate of drug-likeness (QED) is 0.308. The van der Waals surface area contributed by atoms with Gasteiger partial charge in [-0.15, -0.1) is 0 Å². The van der Waals surface area contributed by atoms with Gasteiger partial charge in [0.2, 0.25) is 0 Å². The summed E-state index contributed by atoms with van der Waals surface area (Å²) in [6, 6.07) is 5.09. The minimum atomic E-state index is -4.40. The van der Waals surface area contributed by atoms with Crippen molar-refractivity contribution >= 4 is 10.1 Å². The number of hydrogen-bond acceptors (Lipinski definition) is 3. The molecule has 1 aromatic rings. The smallest absolute Gasteiger partial charge is 0.124 e. The summed E-state index contributed by atoms with van der Waals surface area (Å²) in [5, 5.41) is 0. The van der Waals surface area contributed by atoms with Crippen LogP contribution in [0.15, 0.2) is 23.1 Å². The van der Waals surface area contributed by atoms with Crippen LogP contribution in [0.4, 0.5) is 0 Å². The third kappa shape index (κ3) is 9.15. The van der Waals surface area contributed by atoms with Gasteiger partial charge in [-0.3, -0.25) is 0 Å². The van der Waals surface area contributed by atoms with Crippen LogP contribution < -0.4 is 6.15 Å². The van der Waals surface area contributed by atoms with E-state index in [-0.39, 0.29) is 17.0 Å². The van der Waals surface area contributed by atoms with Gasteiger partial charge in [0.25, 0.3) is 0 Å². The van der Waals surface area contributed by atoms with E-state index in [1.807, 2.05) is 19.9 Å². The molecule has 0 fully saturated rings. The van der Waals surface area contributed by atoms with Gasteiger partial charge in [-0.25, -0.2) is 8.42 Å². The Hall–Kier alpha value is -0.910. The maximum absolute atomic E-state index is 11.6. The molecular formula is C21H39NO3S. The van der Waals surface area contributed by atoms with Crippen LogP contribution in [0.5, 0.6) is 0 Å². The molecule has 0 bridgehead atoms. The summed E-state index contributed by atoms with van der Waals surface area (Å²) in [5.41, 5.74) is 1.74. The number of quaternary nitrogens is 1. The molecule has 0 aliphatic heterocycles. The van der Waals surface area contributed by atoms with Crippen molar-refractivity contribution in [3.63, 3.8) is 0 Å². The molecule has 0 heterocycles. The van der Waals surface area contributed by atoms with E-state index in [4.69, 9.17) is 0 Å². The molecule has 4 nitrogen and oxygen atoms in total. The van der Waals surface area contributed by atoms with Gasteiger partial charge in [0, 0.05) is 0 Å². The Bertz CT molecular complexity index is 597. The largest absolute Gasteiger partial charge is 0.744 e. The molecule has 0 saturated heterocycles. The van der Waals surface area contributed by atoms with Crippen LogP contribution >= 0.6 is 0 Å². The predicted octanol–water partition coefficient (Wildman–Crippen LogP) is 6.55. The van der Waals surface area contributed by atoms with E-state index in [9.17, 15) is 13.0 Å². The number of benzene rings is 1. The standard InChI is InChI=1S/C21H36O3S.H3N/c1-4-5-6-7-8-9-10-11-12-13-15-20-19(18(2)3)16-14-17-21(20)25(22,23)24;/h14,16-18H,4-13,15H2,1-3H3,(H,22,23,24);1H3. The van der Waals surface area contributed by atoms with Crippen molar-refractivity contribution in [2.75, 3.05) is 0 Å². The summed E-state index contributed by atoms with van der Waals surface area (Å²) >= 11 is 0. The van der Waals surface area contributed by atoms with Crippen molar-refractivity contribution in [2.24, 2.45) is 0 Å². The Morgan fingerprint density at radius 1 is 0.885 bits per heavy atom. The Morgan fingerprint density at radius 2 is 1.38 bits per heavy atom. The average Bonchev–Trinajstić information content (AvgIpc) is 2.55. The van der Waals surface area contributed by atoms with Gasteiger partial charge in [0.05, 0.1) is 4.90 Å². The second-order valence-electron chi connectivity index (χ2n) is 7.36. The van der Waals surface area contributed by atoms with Gasteiger partial charge in [-0.2, -0.15) is 0 Å². The van der Waals surface area contributed by atoms with Gasteiger partial charge >= 0.3 is 0 Å². The second-order valence-corrected chi connectivity index (χ2v) is 8.71. The molecule has 0 aliphatic carbocycles. The molecule has 0 amide bonds. The molecule has 4 N–H and O–H groups in total. The van der Waals surface area contributed by atoms with Crippen LogP contribution in [-0.4, -0.2) is 13.0 Å². The summed E-state index contributed by atoms with van der Waals surface area (Å²) in [6.45, 7) is 6.32. The highest BCUT2D eigenvalue weighted by Gasteiger charge is 2.14. The maximum atomic E-state index is 11.6. The van der Waals surface area contributed by atoms with Crippen molar-refractivity contribution in [3.05, 3.63) is 29.3 Å². The zero-order valence-electron chi connectivity index (χ0n) is 17.2. The van der Waals surface area contributed by atoms with Crippen LogP contribution in [0.1, 0.15) is 102 Å². The fraction of sp³-hybridized carbons (Fsp3) is 0.714. The van der Waals surface area contributed by atoms with Crippen LogP contribution in [-0.2, 0) is 16.5 Å². The van der Waals surface area contributed by atoms with Crippen molar-refractivity contribution in [1.82, 2.24) is 6.15 Å². The Kier molecular flexibility index (Phi) is 12.8. The van der Waals surface area contributed by atoms with Crippen molar-refractivity contribution < 1.29 is 13.0 Å². The zero-order chi connectivity index (χ0) is 18.7. The second kappa shape index (κ2) is 13.3. The topological polar surface area (TPSA) is 93.7 Å². The summed E-state index contributed by atoms with van der Waals surface area (Å²) in [5.74, 6) is 0.222. The molecule has 0 atom stereocenters. The normalized spacial score (nSPS) is 11.6. The molecule has 0 aliphatic rings. The summed E-state index contributed by atoms with van der Waals surface area (Å²) in [6.07, 6.45) is 13.1. The van der Waals surface area contributed by atoms with E-state index in [0.717, 1.165) is 24.0 Å². The predicted molar refractivity (Wildman–Crippen MR) is 110 cm³/mol. The van der Waals surface area contributed by atoms with E-state index in [2.05, 4.69) is 6.92 Å². The SMILES string of the molecule is CCCCCCCCCCCCc1c(C(C)C)cccc1S(=O)(=O)[O-].[NH4+]. The highest BCUT2D eigenvalue weighted by atomic mass is 32.2. The molecule has 0 aromatic heterocycles. The Balaban J connectivity index is 0.00000625. The first-order chi connectivity index (χ1) is 11.9. The van der Waals surface area contributed by atoms with Crippen LogP contribution in [0.3, 0.4) is 0 Å². The van der Waals surface area contributed by atoms with Gasteiger partial charge in [-0.1, -0.05) is 90.7 Å². The fourth-order valence-electron chi connectivity index (χ4n) is 3.41. The number of rotatable bonds is 13.